The molecule has 2 aromatic rings. The van der Waals surface area contributed by atoms with Gasteiger partial charge in [-0.1, -0.05) is 0 Å². The first kappa shape index (κ1) is 16.0. The van der Waals surface area contributed by atoms with Gasteiger partial charge in [0.1, 0.15) is 6.61 Å². The van der Waals surface area contributed by atoms with Crippen molar-refractivity contribution in [2.75, 3.05) is 25.6 Å². The smallest absolute Gasteiger partial charge is 0.231 e. The van der Waals surface area contributed by atoms with E-state index in [0.717, 1.165) is 0 Å². The molecule has 0 amide bonds. The molecule has 1 aliphatic rings. The second-order valence-corrected chi connectivity index (χ2v) is 6.60. The number of aromatic nitrogens is 3. The highest BCUT2D eigenvalue weighted by Gasteiger charge is 2.43. The molecule has 3 heterocycles. The lowest BCUT2D eigenvalue weighted by molar-refractivity contribution is -0.118. The Balaban J connectivity index is 0.00000161. The highest BCUT2D eigenvalue weighted by atomic mass is 35.5. The molecule has 0 radical (unpaired) electrons. The van der Waals surface area contributed by atoms with Crippen molar-refractivity contribution in [1.82, 2.24) is 14.6 Å². The zero-order valence-electron chi connectivity index (χ0n) is 11.0. The largest absolute Gasteiger partial charge is 0.476 e. The number of fused-ring (bicyclic) bond motifs is 1. The molecule has 0 aromatic carbocycles. The quantitative estimate of drug-likeness (QED) is 0.813. The molecule has 0 atom stereocenters. The third kappa shape index (κ3) is 3.62. The van der Waals surface area contributed by atoms with Crippen LogP contribution in [0.15, 0.2) is 24.5 Å². The van der Waals surface area contributed by atoms with E-state index in [1.807, 2.05) is 0 Å². The number of nitrogens with zero attached hydrogens (tertiary/aromatic N) is 3. The summed E-state index contributed by atoms with van der Waals surface area (Å²) in [6.45, 7) is 0.824. The van der Waals surface area contributed by atoms with Crippen molar-refractivity contribution in [3.8, 4) is 5.88 Å². The van der Waals surface area contributed by atoms with Gasteiger partial charge in [0.2, 0.25) is 15.9 Å². The lowest BCUT2D eigenvalue weighted by Crippen LogP contribution is -2.52. The molecule has 1 aliphatic heterocycles. The van der Waals surface area contributed by atoms with Gasteiger partial charge in [0.25, 0.3) is 0 Å². The minimum Gasteiger partial charge on any atom is -0.476 e. The topological polar surface area (TPSA) is 109 Å². The number of primary sulfonamides is 1. The van der Waals surface area contributed by atoms with Crippen LogP contribution in [0.3, 0.4) is 0 Å². The van der Waals surface area contributed by atoms with Gasteiger partial charge < -0.3 is 9.47 Å². The van der Waals surface area contributed by atoms with Crippen molar-refractivity contribution in [3.05, 3.63) is 24.5 Å². The Morgan fingerprint density at radius 2 is 2.19 bits per heavy atom. The number of ether oxygens (including phenoxy) is 2. The van der Waals surface area contributed by atoms with Crippen LogP contribution in [0.25, 0.3) is 5.65 Å². The van der Waals surface area contributed by atoms with E-state index in [4.69, 9.17) is 14.6 Å². The number of rotatable bonds is 5. The van der Waals surface area contributed by atoms with Crippen LogP contribution >= 0.6 is 12.4 Å². The molecule has 3 rings (SSSR count). The van der Waals surface area contributed by atoms with E-state index >= 15 is 0 Å². The van der Waals surface area contributed by atoms with E-state index in [-0.39, 0.29) is 24.8 Å². The van der Waals surface area contributed by atoms with E-state index in [2.05, 4.69) is 10.1 Å². The molecule has 0 saturated carbocycles. The fourth-order valence-electron chi connectivity index (χ4n) is 2.13. The van der Waals surface area contributed by atoms with E-state index in [0.29, 0.717) is 24.7 Å². The predicted molar refractivity (Wildman–Crippen MR) is 77.0 cm³/mol. The summed E-state index contributed by atoms with van der Waals surface area (Å²) in [5.74, 6) is 0.240. The van der Waals surface area contributed by atoms with Crippen LogP contribution in [-0.4, -0.2) is 48.6 Å². The summed E-state index contributed by atoms with van der Waals surface area (Å²) in [4.78, 5) is 4.07. The summed E-state index contributed by atoms with van der Waals surface area (Å²) in [6, 6.07) is 3.46. The number of hydrogen-bond donors (Lipinski definition) is 1. The molecule has 21 heavy (non-hydrogen) atoms. The van der Waals surface area contributed by atoms with Crippen molar-refractivity contribution < 1.29 is 17.9 Å². The van der Waals surface area contributed by atoms with Crippen LogP contribution in [0.4, 0.5) is 0 Å². The molecule has 10 heteroatoms. The first-order valence-corrected chi connectivity index (χ1v) is 7.69. The predicted octanol–water partition coefficient (Wildman–Crippen LogP) is -0.165. The molecule has 2 N–H and O–H groups in total. The maximum Gasteiger partial charge on any atom is 0.231 e. The van der Waals surface area contributed by atoms with E-state index in [1.165, 1.54) is 0 Å². The standard InChI is InChI=1S/C11H14N4O4S.ClH/c12-20(16,17)8-11(5-18-6-11)7-19-10-2-1-9-13-3-4-15(9)14-10;/h1-4H,5-8H2,(H2,12,16,17);1H. The van der Waals surface area contributed by atoms with Crippen molar-refractivity contribution >= 4 is 28.1 Å². The van der Waals surface area contributed by atoms with Crippen molar-refractivity contribution in [3.63, 3.8) is 0 Å². The van der Waals surface area contributed by atoms with E-state index in [1.54, 1.807) is 29.0 Å². The molecular weight excluding hydrogens is 320 g/mol. The van der Waals surface area contributed by atoms with E-state index < -0.39 is 15.4 Å². The molecule has 0 unspecified atom stereocenters. The second-order valence-electron chi connectivity index (χ2n) is 4.99. The maximum absolute atomic E-state index is 11.2. The molecule has 0 bridgehead atoms. The number of imidazole rings is 1. The minimum atomic E-state index is -3.57. The highest BCUT2D eigenvalue weighted by molar-refractivity contribution is 7.89. The van der Waals surface area contributed by atoms with Crippen molar-refractivity contribution in [2.24, 2.45) is 10.6 Å². The lowest BCUT2D eigenvalue weighted by atomic mass is 9.90. The zero-order valence-corrected chi connectivity index (χ0v) is 12.6. The Bertz CT molecular complexity index is 729. The lowest BCUT2D eigenvalue weighted by Gasteiger charge is -2.39. The van der Waals surface area contributed by atoms with Gasteiger partial charge in [0.15, 0.2) is 5.65 Å². The number of sulfonamides is 1. The normalized spacial score (nSPS) is 17.0. The van der Waals surface area contributed by atoms with Crippen LogP contribution < -0.4 is 9.88 Å². The molecular formula is C11H15ClN4O4S. The summed E-state index contributed by atoms with van der Waals surface area (Å²) in [5.41, 5.74) is 0.127. The maximum atomic E-state index is 11.2. The molecule has 116 valence electrons. The first-order chi connectivity index (χ1) is 9.46. The summed E-state index contributed by atoms with van der Waals surface area (Å²) in [7, 11) is -3.57. The molecule has 0 spiro atoms. The van der Waals surface area contributed by atoms with Gasteiger partial charge in [0.05, 0.1) is 24.4 Å². The summed E-state index contributed by atoms with van der Waals surface area (Å²) in [6.07, 6.45) is 3.34. The van der Waals surface area contributed by atoms with Gasteiger partial charge in [-0.2, -0.15) is 0 Å². The molecule has 1 fully saturated rings. The Morgan fingerprint density at radius 3 is 2.81 bits per heavy atom. The van der Waals surface area contributed by atoms with E-state index in [9.17, 15) is 8.42 Å². The van der Waals surface area contributed by atoms with Crippen molar-refractivity contribution in [1.29, 1.82) is 0 Å². The molecule has 2 aromatic heterocycles. The minimum absolute atomic E-state index is 0. The Morgan fingerprint density at radius 1 is 1.43 bits per heavy atom. The van der Waals surface area contributed by atoms with Gasteiger partial charge in [-0.15, -0.1) is 17.5 Å². The fraction of sp³-hybridized carbons (Fsp3) is 0.455. The highest BCUT2D eigenvalue weighted by Crippen LogP contribution is 2.29. The van der Waals surface area contributed by atoms with Gasteiger partial charge >= 0.3 is 0 Å². The Kier molecular flexibility index (Phi) is 4.38. The van der Waals surface area contributed by atoms with Crippen molar-refractivity contribution in [2.45, 2.75) is 0 Å². The molecule has 0 aliphatic carbocycles. The average Bonchev–Trinajstić information content (AvgIpc) is 2.78. The van der Waals surface area contributed by atoms with Crippen LogP contribution in [0.1, 0.15) is 0 Å². The second kappa shape index (κ2) is 5.76. The number of halogens is 1. The number of nitrogens with two attached hydrogens (primary N) is 1. The summed E-state index contributed by atoms with van der Waals surface area (Å²) >= 11 is 0. The van der Waals surface area contributed by atoms with Gasteiger partial charge in [0, 0.05) is 18.5 Å². The molecule has 8 nitrogen and oxygen atoms in total. The average molecular weight is 335 g/mol. The fourth-order valence-corrected chi connectivity index (χ4v) is 3.23. The Labute approximate surface area is 127 Å². The molecule has 1 saturated heterocycles. The van der Waals surface area contributed by atoms with Crippen LogP contribution in [0.2, 0.25) is 0 Å². The SMILES string of the molecule is Cl.NS(=O)(=O)CC1(COc2ccc3nccn3n2)COC1. The monoisotopic (exact) mass is 334 g/mol. The van der Waals surface area contributed by atoms with Crippen LogP contribution in [0.5, 0.6) is 5.88 Å². The summed E-state index contributed by atoms with van der Waals surface area (Å²) in [5, 5.41) is 9.30. The van der Waals surface area contributed by atoms with Crippen LogP contribution in [0, 0.1) is 5.41 Å². The van der Waals surface area contributed by atoms with Gasteiger partial charge in [-0.05, 0) is 6.07 Å². The number of hydrogen-bond acceptors (Lipinski definition) is 6. The first-order valence-electron chi connectivity index (χ1n) is 5.97. The Hall–Kier alpha value is -1.42. The summed E-state index contributed by atoms with van der Waals surface area (Å²) < 4.78 is 34.7. The van der Waals surface area contributed by atoms with Crippen LogP contribution in [-0.2, 0) is 14.8 Å². The van der Waals surface area contributed by atoms with Gasteiger partial charge in [-0.3, -0.25) is 0 Å². The zero-order chi connectivity index (χ0) is 14.2. The van der Waals surface area contributed by atoms with Gasteiger partial charge in [-0.25, -0.2) is 23.1 Å². The third-order valence-electron chi connectivity index (χ3n) is 3.08. The third-order valence-corrected chi connectivity index (χ3v) is 4.10.